The molecule has 0 spiro atoms. The molecule has 1 fully saturated rings. The Morgan fingerprint density at radius 3 is 2.83 bits per heavy atom. The van der Waals surface area contributed by atoms with Crippen LogP contribution in [0.15, 0.2) is 46.0 Å². The lowest BCUT2D eigenvalue weighted by Crippen LogP contribution is -2.40. The number of furan rings is 1. The van der Waals surface area contributed by atoms with Crippen molar-refractivity contribution in [3.63, 3.8) is 0 Å². The van der Waals surface area contributed by atoms with Gasteiger partial charge < -0.3 is 24.9 Å². The molecule has 2 aromatic rings. The lowest BCUT2D eigenvalue weighted by atomic mass is 10.0. The van der Waals surface area contributed by atoms with Gasteiger partial charge in [0.2, 0.25) is 0 Å². The van der Waals surface area contributed by atoms with Gasteiger partial charge >= 0.3 is 0 Å². The van der Waals surface area contributed by atoms with Crippen molar-refractivity contribution >= 4 is 5.96 Å². The number of benzene rings is 1. The van der Waals surface area contributed by atoms with E-state index < -0.39 is 5.60 Å². The molecule has 0 radical (unpaired) electrons. The standard InChI is InChI=1S/C22H30FN3O3/c1-4-24-21(25-14-22(3,27)20-6-5-11-28-20)26-15(2)17-9-10-19(18(23)12-17)29-13-16-7-8-16/h5-6,9-12,15-16,27H,4,7-8,13-14H2,1-3H3,(H2,24,25,26). The molecule has 2 unspecified atom stereocenters. The largest absolute Gasteiger partial charge is 0.490 e. The molecular weight excluding hydrogens is 373 g/mol. The number of halogens is 1. The molecule has 29 heavy (non-hydrogen) atoms. The SMILES string of the molecule is CCNC(=NCC(C)(O)c1ccco1)NC(C)c1ccc(OCC2CC2)c(F)c1. The van der Waals surface area contributed by atoms with E-state index in [1.807, 2.05) is 19.9 Å². The predicted molar refractivity (Wildman–Crippen MR) is 110 cm³/mol. The van der Waals surface area contributed by atoms with Crippen LogP contribution in [0.1, 0.15) is 51.0 Å². The molecule has 158 valence electrons. The Kier molecular flexibility index (Phi) is 6.79. The lowest BCUT2D eigenvalue weighted by Gasteiger charge is -2.22. The Morgan fingerprint density at radius 1 is 1.41 bits per heavy atom. The van der Waals surface area contributed by atoms with Crippen LogP contribution in [0.4, 0.5) is 4.39 Å². The summed E-state index contributed by atoms with van der Waals surface area (Å²) < 4.78 is 25.2. The first kappa shape index (κ1) is 21.2. The normalized spacial score (nSPS) is 17.5. The maximum atomic E-state index is 14.4. The smallest absolute Gasteiger partial charge is 0.191 e. The molecule has 1 aliphatic rings. The van der Waals surface area contributed by atoms with Crippen LogP contribution in [0, 0.1) is 11.7 Å². The van der Waals surface area contributed by atoms with Gasteiger partial charge in [-0.05, 0) is 69.4 Å². The minimum atomic E-state index is -1.22. The van der Waals surface area contributed by atoms with Crippen molar-refractivity contribution in [3.8, 4) is 5.75 Å². The van der Waals surface area contributed by atoms with Crippen LogP contribution in [0.2, 0.25) is 0 Å². The molecule has 1 heterocycles. The van der Waals surface area contributed by atoms with Crippen molar-refractivity contribution in [2.45, 2.75) is 45.3 Å². The zero-order chi connectivity index (χ0) is 20.9. The number of aliphatic imine (C=N–C) groups is 1. The second kappa shape index (κ2) is 9.31. The van der Waals surface area contributed by atoms with Gasteiger partial charge in [0.15, 0.2) is 17.5 Å². The van der Waals surface area contributed by atoms with E-state index in [1.54, 1.807) is 25.1 Å². The van der Waals surface area contributed by atoms with E-state index in [-0.39, 0.29) is 18.4 Å². The maximum Gasteiger partial charge on any atom is 0.191 e. The minimum absolute atomic E-state index is 0.116. The summed E-state index contributed by atoms with van der Waals surface area (Å²) in [6.07, 6.45) is 3.85. The van der Waals surface area contributed by atoms with Crippen molar-refractivity contribution in [2.75, 3.05) is 19.7 Å². The summed E-state index contributed by atoms with van der Waals surface area (Å²) in [4.78, 5) is 4.47. The average molecular weight is 403 g/mol. The lowest BCUT2D eigenvalue weighted by molar-refractivity contribution is 0.0437. The van der Waals surface area contributed by atoms with Crippen LogP contribution in [0.5, 0.6) is 5.75 Å². The first-order valence-corrected chi connectivity index (χ1v) is 10.1. The van der Waals surface area contributed by atoms with Crippen LogP contribution < -0.4 is 15.4 Å². The average Bonchev–Trinajstić information content (AvgIpc) is 3.34. The van der Waals surface area contributed by atoms with Gasteiger partial charge in [-0.3, -0.25) is 0 Å². The van der Waals surface area contributed by atoms with Crippen LogP contribution in [-0.2, 0) is 5.60 Å². The van der Waals surface area contributed by atoms with E-state index in [1.165, 1.54) is 25.2 Å². The first-order valence-electron chi connectivity index (χ1n) is 10.1. The van der Waals surface area contributed by atoms with Gasteiger partial charge in [0.05, 0.1) is 25.5 Å². The van der Waals surface area contributed by atoms with Crippen molar-refractivity contribution in [3.05, 3.63) is 53.7 Å². The van der Waals surface area contributed by atoms with Gasteiger partial charge in [0.1, 0.15) is 11.4 Å². The van der Waals surface area contributed by atoms with Crippen LogP contribution in [-0.4, -0.2) is 30.8 Å². The monoisotopic (exact) mass is 403 g/mol. The maximum absolute atomic E-state index is 14.4. The Balaban J connectivity index is 1.63. The Bertz CT molecular complexity index is 817. The van der Waals surface area contributed by atoms with E-state index in [2.05, 4.69) is 15.6 Å². The fourth-order valence-corrected chi connectivity index (χ4v) is 2.90. The third-order valence-corrected chi connectivity index (χ3v) is 4.92. The molecule has 1 aliphatic carbocycles. The molecule has 7 heteroatoms. The molecule has 0 bridgehead atoms. The number of aliphatic hydroxyl groups is 1. The fourth-order valence-electron chi connectivity index (χ4n) is 2.90. The van der Waals surface area contributed by atoms with E-state index in [0.29, 0.717) is 36.5 Å². The van der Waals surface area contributed by atoms with Crippen LogP contribution in [0.25, 0.3) is 0 Å². The molecule has 3 rings (SSSR count). The topological polar surface area (TPSA) is 79.0 Å². The van der Waals surface area contributed by atoms with E-state index in [0.717, 1.165) is 5.56 Å². The van der Waals surface area contributed by atoms with Gasteiger partial charge in [-0.1, -0.05) is 6.07 Å². The van der Waals surface area contributed by atoms with Gasteiger partial charge in [-0.25, -0.2) is 9.38 Å². The summed E-state index contributed by atoms with van der Waals surface area (Å²) in [7, 11) is 0. The van der Waals surface area contributed by atoms with Gasteiger partial charge in [0, 0.05) is 6.54 Å². The zero-order valence-corrected chi connectivity index (χ0v) is 17.2. The second-order valence-electron chi connectivity index (χ2n) is 7.76. The quantitative estimate of drug-likeness (QED) is 0.439. The molecule has 0 aliphatic heterocycles. The molecule has 6 nitrogen and oxygen atoms in total. The Labute approximate surface area is 171 Å². The second-order valence-corrected chi connectivity index (χ2v) is 7.76. The molecular formula is C22H30FN3O3. The van der Waals surface area contributed by atoms with Gasteiger partial charge in [-0.2, -0.15) is 0 Å². The van der Waals surface area contributed by atoms with E-state index in [9.17, 15) is 9.50 Å². The number of nitrogens with zero attached hydrogens (tertiary/aromatic N) is 1. The molecule has 3 N–H and O–H groups in total. The van der Waals surface area contributed by atoms with Crippen molar-refractivity contribution in [1.82, 2.24) is 10.6 Å². The minimum Gasteiger partial charge on any atom is -0.490 e. The van der Waals surface area contributed by atoms with Crippen LogP contribution in [0.3, 0.4) is 0 Å². The molecule has 2 atom stereocenters. The summed E-state index contributed by atoms with van der Waals surface area (Å²) in [6, 6.07) is 8.28. The predicted octanol–water partition coefficient (Wildman–Crippen LogP) is 3.73. The summed E-state index contributed by atoms with van der Waals surface area (Å²) in [6.45, 7) is 6.89. The van der Waals surface area contributed by atoms with Crippen molar-refractivity contribution < 1.29 is 18.7 Å². The highest BCUT2D eigenvalue weighted by Gasteiger charge is 2.26. The van der Waals surface area contributed by atoms with Crippen molar-refractivity contribution in [2.24, 2.45) is 10.9 Å². The molecule has 0 amide bonds. The number of hydrogen-bond donors (Lipinski definition) is 3. The number of ether oxygens (including phenoxy) is 1. The number of rotatable bonds is 9. The molecule has 1 aromatic heterocycles. The molecule has 1 aromatic carbocycles. The third-order valence-electron chi connectivity index (χ3n) is 4.92. The summed E-state index contributed by atoms with van der Waals surface area (Å²) in [5, 5.41) is 17.0. The van der Waals surface area contributed by atoms with E-state index >= 15 is 0 Å². The highest BCUT2D eigenvalue weighted by atomic mass is 19.1. The van der Waals surface area contributed by atoms with Gasteiger partial charge in [0.25, 0.3) is 0 Å². The summed E-state index contributed by atoms with van der Waals surface area (Å²) in [5.74, 6) is 1.49. The van der Waals surface area contributed by atoms with E-state index in [4.69, 9.17) is 9.15 Å². The number of guanidine groups is 1. The number of nitrogens with one attached hydrogen (secondary N) is 2. The fraction of sp³-hybridized carbons (Fsp3) is 0.500. The Morgan fingerprint density at radius 2 is 2.21 bits per heavy atom. The van der Waals surface area contributed by atoms with Crippen molar-refractivity contribution in [1.29, 1.82) is 0 Å². The molecule has 0 saturated heterocycles. The molecule has 1 saturated carbocycles. The zero-order valence-electron chi connectivity index (χ0n) is 17.2. The first-order chi connectivity index (χ1) is 13.9. The van der Waals surface area contributed by atoms with Crippen LogP contribution >= 0.6 is 0 Å². The third kappa shape index (κ3) is 5.97. The Hall–Kier alpha value is -2.54. The highest BCUT2D eigenvalue weighted by Crippen LogP contribution is 2.30. The summed E-state index contributed by atoms with van der Waals surface area (Å²) in [5.41, 5.74) is -0.438. The van der Waals surface area contributed by atoms with Gasteiger partial charge in [-0.15, -0.1) is 0 Å². The number of hydrogen-bond acceptors (Lipinski definition) is 4. The summed E-state index contributed by atoms with van der Waals surface area (Å²) >= 11 is 0. The highest BCUT2D eigenvalue weighted by molar-refractivity contribution is 5.80.